The number of esters is 1. The van der Waals surface area contributed by atoms with Crippen LogP contribution in [-0.4, -0.2) is 41.8 Å². The van der Waals surface area contributed by atoms with E-state index < -0.39 is 5.60 Å². The molecule has 2 fully saturated rings. The molecule has 0 radical (unpaired) electrons. The zero-order valence-corrected chi connectivity index (χ0v) is 24.6. The van der Waals surface area contributed by atoms with Crippen LogP contribution in [0, 0.1) is 5.92 Å². The SMILES string of the molecule is CC(C)(C)OC(=O)N1CCC(c2ccc(COC(=O)C3CCCCC3)cc2)C(OCc2ccc3ccccc3c2)C1. The Morgan fingerprint density at radius 1 is 0.829 bits per heavy atom. The minimum Gasteiger partial charge on any atom is -0.461 e. The highest BCUT2D eigenvalue weighted by molar-refractivity contribution is 5.83. The van der Waals surface area contributed by atoms with Gasteiger partial charge in [-0.25, -0.2) is 4.79 Å². The van der Waals surface area contributed by atoms with E-state index >= 15 is 0 Å². The third-order valence-electron chi connectivity index (χ3n) is 8.22. The lowest BCUT2D eigenvalue weighted by atomic mass is 9.86. The van der Waals surface area contributed by atoms with Gasteiger partial charge in [0.15, 0.2) is 0 Å². The van der Waals surface area contributed by atoms with Gasteiger partial charge < -0.3 is 19.1 Å². The molecule has 1 heterocycles. The Morgan fingerprint density at radius 2 is 1.54 bits per heavy atom. The predicted octanol–water partition coefficient (Wildman–Crippen LogP) is 7.77. The lowest BCUT2D eigenvalue weighted by molar-refractivity contribution is -0.151. The van der Waals surface area contributed by atoms with Crippen LogP contribution in [0.25, 0.3) is 10.8 Å². The van der Waals surface area contributed by atoms with Crippen LogP contribution in [0.15, 0.2) is 66.7 Å². The van der Waals surface area contributed by atoms with E-state index in [9.17, 15) is 9.59 Å². The maximum atomic E-state index is 12.9. The van der Waals surface area contributed by atoms with Gasteiger partial charge in [-0.1, -0.05) is 79.9 Å². The highest BCUT2D eigenvalue weighted by Crippen LogP contribution is 2.33. The van der Waals surface area contributed by atoms with Crippen LogP contribution in [0.4, 0.5) is 4.79 Å². The Hall–Kier alpha value is -3.38. The van der Waals surface area contributed by atoms with E-state index in [0.717, 1.165) is 43.2 Å². The summed E-state index contributed by atoms with van der Waals surface area (Å²) in [6.07, 6.45) is 5.63. The summed E-state index contributed by atoms with van der Waals surface area (Å²) in [5, 5.41) is 2.39. The molecule has 3 aromatic rings. The number of piperidine rings is 1. The first-order valence-electron chi connectivity index (χ1n) is 15.1. The number of hydrogen-bond acceptors (Lipinski definition) is 5. The molecular weight excluding hydrogens is 514 g/mol. The minimum atomic E-state index is -0.550. The highest BCUT2D eigenvalue weighted by atomic mass is 16.6. The lowest BCUT2D eigenvalue weighted by Crippen LogP contribution is -2.48. The van der Waals surface area contributed by atoms with Crippen molar-refractivity contribution >= 4 is 22.8 Å². The van der Waals surface area contributed by atoms with E-state index in [-0.39, 0.29) is 30.0 Å². The fourth-order valence-electron chi connectivity index (χ4n) is 5.96. The topological polar surface area (TPSA) is 65.1 Å². The summed E-state index contributed by atoms with van der Waals surface area (Å²) in [5.41, 5.74) is 2.70. The molecule has 1 saturated carbocycles. The summed E-state index contributed by atoms with van der Waals surface area (Å²) in [5.74, 6) is 0.122. The van der Waals surface area contributed by atoms with Crippen molar-refractivity contribution in [2.45, 2.75) is 90.1 Å². The number of nitrogens with zero attached hydrogens (tertiary/aromatic N) is 1. The molecule has 0 bridgehead atoms. The Bertz CT molecular complexity index is 1320. The zero-order chi connectivity index (χ0) is 28.8. The van der Waals surface area contributed by atoms with E-state index in [0.29, 0.717) is 26.3 Å². The Labute approximate surface area is 244 Å². The van der Waals surface area contributed by atoms with Crippen LogP contribution in [0.1, 0.15) is 81.9 Å². The summed E-state index contributed by atoms with van der Waals surface area (Å²) in [6, 6.07) is 23.0. The van der Waals surface area contributed by atoms with E-state index in [1.807, 2.05) is 45.0 Å². The lowest BCUT2D eigenvalue weighted by Gasteiger charge is -2.39. The zero-order valence-electron chi connectivity index (χ0n) is 24.6. The second-order valence-corrected chi connectivity index (χ2v) is 12.5. The Balaban J connectivity index is 1.26. The third-order valence-corrected chi connectivity index (χ3v) is 8.22. The van der Waals surface area contributed by atoms with Crippen LogP contribution in [-0.2, 0) is 32.2 Å². The fraction of sp³-hybridized carbons (Fsp3) is 0.486. The second kappa shape index (κ2) is 13.1. The molecule has 2 unspecified atom stereocenters. The van der Waals surface area contributed by atoms with Gasteiger partial charge in [-0.2, -0.15) is 0 Å². The molecule has 0 spiro atoms. The number of ether oxygens (including phenoxy) is 3. The quantitative estimate of drug-likeness (QED) is 0.278. The number of fused-ring (bicyclic) bond motifs is 1. The van der Waals surface area contributed by atoms with Gasteiger partial charge in [-0.15, -0.1) is 0 Å². The summed E-state index contributed by atoms with van der Waals surface area (Å²) >= 11 is 0. The molecule has 218 valence electrons. The van der Waals surface area contributed by atoms with Gasteiger partial charge >= 0.3 is 12.1 Å². The molecule has 0 N–H and O–H groups in total. The van der Waals surface area contributed by atoms with E-state index in [2.05, 4.69) is 42.5 Å². The molecule has 1 aliphatic heterocycles. The summed E-state index contributed by atoms with van der Waals surface area (Å²) < 4.78 is 17.9. The van der Waals surface area contributed by atoms with Gasteiger partial charge in [0.1, 0.15) is 12.2 Å². The van der Waals surface area contributed by atoms with E-state index in [1.54, 1.807) is 4.90 Å². The van der Waals surface area contributed by atoms with Gasteiger partial charge in [0, 0.05) is 12.5 Å². The molecule has 6 nitrogen and oxygen atoms in total. The summed E-state index contributed by atoms with van der Waals surface area (Å²) in [7, 11) is 0. The van der Waals surface area contributed by atoms with Gasteiger partial charge in [-0.3, -0.25) is 4.79 Å². The summed E-state index contributed by atoms with van der Waals surface area (Å²) in [4.78, 5) is 27.2. The molecule has 3 aromatic carbocycles. The maximum Gasteiger partial charge on any atom is 0.410 e. The van der Waals surface area contributed by atoms with Crippen molar-refractivity contribution in [2.24, 2.45) is 5.92 Å². The van der Waals surface area contributed by atoms with Crippen molar-refractivity contribution < 1.29 is 23.8 Å². The van der Waals surface area contributed by atoms with Crippen molar-refractivity contribution in [3.8, 4) is 0 Å². The van der Waals surface area contributed by atoms with Gasteiger partial charge in [0.2, 0.25) is 0 Å². The highest BCUT2D eigenvalue weighted by Gasteiger charge is 2.35. The van der Waals surface area contributed by atoms with E-state index in [1.165, 1.54) is 22.8 Å². The smallest absolute Gasteiger partial charge is 0.410 e. The number of amides is 1. The normalized spacial score (nSPS) is 20.1. The van der Waals surface area contributed by atoms with Gasteiger partial charge in [-0.05, 0) is 73.6 Å². The average molecular weight is 558 g/mol. The molecule has 2 atom stereocenters. The van der Waals surface area contributed by atoms with Crippen molar-refractivity contribution in [3.05, 3.63) is 83.4 Å². The van der Waals surface area contributed by atoms with Gasteiger partial charge in [0.05, 0.1) is 25.2 Å². The predicted molar refractivity (Wildman–Crippen MR) is 161 cm³/mol. The number of benzene rings is 3. The van der Waals surface area contributed by atoms with Crippen LogP contribution in [0.5, 0.6) is 0 Å². The molecule has 5 rings (SSSR count). The standard InChI is InChI=1S/C35H43NO5/c1-35(2,3)41-34(38)36-20-19-31(32(22-36)39-24-26-15-16-27-9-7-8-12-30(27)21-26)28-17-13-25(14-18-28)23-40-33(37)29-10-5-4-6-11-29/h7-9,12-18,21,29,31-32H,4-6,10-11,19-20,22-24H2,1-3H3. The van der Waals surface area contributed by atoms with Crippen LogP contribution < -0.4 is 0 Å². The maximum absolute atomic E-state index is 12.9. The van der Waals surface area contributed by atoms with Gasteiger partial charge in [0.25, 0.3) is 0 Å². The van der Waals surface area contributed by atoms with Crippen molar-refractivity contribution in [1.29, 1.82) is 0 Å². The Kier molecular flexibility index (Phi) is 9.29. The van der Waals surface area contributed by atoms with Crippen molar-refractivity contribution in [2.75, 3.05) is 13.1 Å². The first kappa shape index (κ1) is 29.1. The molecule has 0 aromatic heterocycles. The van der Waals surface area contributed by atoms with Crippen LogP contribution in [0.3, 0.4) is 0 Å². The van der Waals surface area contributed by atoms with Crippen molar-refractivity contribution in [3.63, 3.8) is 0 Å². The number of likely N-dealkylation sites (tertiary alicyclic amines) is 1. The molecule has 6 heteroatoms. The molecule has 1 amide bonds. The molecular formula is C35H43NO5. The number of rotatable bonds is 7. The van der Waals surface area contributed by atoms with E-state index in [4.69, 9.17) is 14.2 Å². The van der Waals surface area contributed by atoms with Crippen molar-refractivity contribution in [1.82, 2.24) is 4.90 Å². The Morgan fingerprint density at radius 3 is 2.27 bits per heavy atom. The fourth-order valence-corrected chi connectivity index (χ4v) is 5.96. The first-order valence-corrected chi connectivity index (χ1v) is 15.1. The first-order chi connectivity index (χ1) is 19.7. The number of carbonyl (C=O) groups excluding carboxylic acids is 2. The third kappa shape index (κ3) is 7.88. The molecule has 1 aliphatic carbocycles. The molecule has 1 saturated heterocycles. The monoisotopic (exact) mass is 557 g/mol. The number of carbonyl (C=O) groups is 2. The molecule has 2 aliphatic rings. The second-order valence-electron chi connectivity index (χ2n) is 12.5. The minimum absolute atomic E-state index is 0.0543. The largest absolute Gasteiger partial charge is 0.461 e. The average Bonchev–Trinajstić information content (AvgIpc) is 2.98. The number of hydrogen-bond donors (Lipinski definition) is 0. The van der Waals surface area contributed by atoms with Crippen LogP contribution >= 0.6 is 0 Å². The van der Waals surface area contributed by atoms with Crippen LogP contribution in [0.2, 0.25) is 0 Å². The summed E-state index contributed by atoms with van der Waals surface area (Å²) in [6.45, 7) is 7.50. The molecule has 41 heavy (non-hydrogen) atoms.